The fraction of sp³-hybridized carbons (Fsp3) is 0.154. The molecule has 1 aliphatic heterocycles. The summed E-state index contributed by atoms with van der Waals surface area (Å²) >= 11 is 12.1. The summed E-state index contributed by atoms with van der Waals surface area (Å²) in [6.45, 7) is 0.323. The van der Waals surface area contributed by atoms with Gasteiger partial charge in [0.05, 0.1) is 18.8 Å². The molecular weight excluding hydrogens is 499 g/mol. The second kappa shape index (κ2) is 10.0. The highest BCUT2D eigenvalue weighted by molar-refractivity contribution is 6.31. The van der Waals surface area contributed by atoms with Gasteiger partial charge in [-0.3, -0.25) is 9.36 Å². The van der Waals surface area contributed by atoms with Crippen LogP contribution in [0.5, 0.6) is 0 Å². The quantitative estimate of drug-likeness (QED) is 0.399. The molecule has 1 amide bonds. The summed E-state index contributed by atoms with van der Waals surface area (Å²) in [6, 6.07) is 24.6. The maximum absolute atomic E-state index is 13.2. The Morgan fingerprint density at radius 2 is 1.58 bits per heavy atom. The largest absolute Gasteiger partial charge is 0.368 e. The number of benzene rings is 3. The summed E-state index contributed by atoms with van der Waals surface area (Å²) in [5, 5.41) is 12.3. The van der Waals surface area contributed by atoms with E-state index in [1.807, 2.05) is 66.7 Å². The smallest absolute Gasteiger partial charge is 0.348 e. The average Bonchev–Trinajstić information content (AvgIpc) is 3.44. The van der Waals surface area contributed by atoms with Gasteiger partial charge in [-0.25, -0.2) is 14.5 Å². The SMILES string of the molecule is NC(=O)Cn1c(N2C[C@H](c3ccccc3)C(c3ccc(Cl)cc3)=N2)nn(Cc2ccc(Cl)cc2)c1=O. The fourth-order valence-corrected chi connectivity index (χ4v) is 4.49. The number of nitrogens with two attached hydrogens (primary N) is 1. The van der Waals surface area contributed by atoms with Crippen molar-refractivity contribution < 1.29 is 4.79 Å². The van der Waals surface area contributed by atoms with Crippen LogP contribution < -0.4 is 16.4 Å². The molecule has 1 atom stereocenters. The highest BCUT2D eigenvalue weighted by atomic mass is 35.5. The molecule has 0 spiro atoms. The van der Waals surface area contributed by atoms with Gasteiger partial charge in [-0.2, -0.15) is 5.10 Å². The number of primary amides is 1. The first-order valence-electron chi connectivity index (χ1n) is 11.3. The third-order valence-electron chi connectivity index (χ3n) is 5.95. The predicted molar refractivity (Wildman–Crippen MR) is 141 cm³/mol. The van der Waals surface area contributed by atoms with Crippen molar-refractivity contribution in [2.45, 2.75) is 19.0 Å². The van der Waals surface area contributed by atoms with Crippen molar-refractivity contribution >= 4 is 40.8 Å². The third kappa shape index (κ3) is 4.91. The van der Waals surface area contributed by atoms with Crippen LogP contribution in [0.2, 0.25) is 10.0 Å². The van der Waals surface area contributed by atoms with E-state index in [1.165, 1.54) is 9.25 Å². The van der Waals surface area contributed by atoms with Crippen LogP contribution in [0.25, 0.3) is 0 Å². The molecule has 2 N–H and O–H groups in total. The van der Waals surface area contributed by atoms with Crippen molar-refractivity contribution in [2.24, 2.45) is 10.8 Å². The first-order valence-corrected chi connectivity index (χ1v) is 12.0. The highest BCUT2D eigenvalue weighted by Gasteiger charge is 2.33. The van der Waals surface area contributed by atoms with Gasteiger partial charge in [0, 0.05) is 16.0 Å². The molecule has 0 aliphatic carbocycles. The van der Waals surface area contributed by atoms with Crippen molar-refractivity contribution in [3.8, 4) is 0 Å². The monoisotopic (exact) mass is 520 g/mol. The standard InChI is InChI=1S/C26H22Cl2N6O2/c27-20-10-6-17(7-11-20)14-34-26(36)32(16-23(29)35)25(31-34)33-15-22(18-4-2-1-3-5-18)24(30-33)19-8-12-21(28)13-9-19/h1-13,22H,14-16H2,(H2,29,35)/t22-/m1/s1. The molecule has 0 saturated carbocycles. The minimum absolute atomic E-state index is 0.0917. The summed E-state index contributed by atoms with van der Waals surface area (Å²) < 4.78 is 2.56. The minimum Gasteiger partial charge on any atom is -0.368 e. The van der Waals surface area contributed by atoms with Crippen LogP contribution in [0.1, 0.15) is 22.6 Å². The lowest BCUT2D eigenvalue weighted by atomic mass is 9.91. The number of hydrogen-bond donors (Lipinski definition) is 1. The number of hydrogen-bond acceptors (Lipinski definition) is 5. The molecule has 0 unspecified atom stereocenters. The van der Waals surface area contributed by atoms with Gasteiger partial charge in [0.25, 0.3) is 0 Å². The Morgan fingerprint density at radius 1 is 0.944 bits per heavy atom. The maximum Gasteiger partial charge on any atom is 0.348 e. The van der Waals surface area contributed by atoms with Gasteiger partial charge in [-0.05, 0) is 41.0 Å². The zero-order chi connectivity index (χ0) is 25.2. The van der Waals surface area contributed by atoms with Crippen LogP contribution in [0.15, 0.2) is 88.8 Å². The molecule has 2 heterocycles. The van der Waals surface area contributed by atoms with Crippen LogP contribution in [0.4, 0.5) is 5.95 Å². The van der Waals surface area contributed by atoms with E-state index in [4.69, 9.17) is 34.0 Å². The Balaban J connectivity index is 1.57. The van der Waals surface area contributed by atoms with Crippen molar-refractivity contribution in [1.29, 1.82) is 0 Å². The number of amides is 1. The van der Waals surface area contributed by atoms with Crippen molar-refractivity contribution in [2.75, 3.05) is 11.6 Å². The fourth-order valence-electron chi connectivity index (χ4n) is 4.24. The van der Waals surface area contributed by atoms with E-state index in [2.05, 4.69) is 5.10 Å². The molecule has 3 aromatic carbocycles. The molecule has 0 saturated heterocycles. The molecule has 5 rings (SSSR count). The van der Waals surface area contributed by atoms with Crippen molar-refractivity contribution in [3.63, 3.8) is 0 Å². The van der Waals surface area contributed by atoms with Crippen molar-refractivity contribution in [1.82, 2.24) is 14.3 Å². The van der Waals surface area contributed by atoms with Crippen LogP contribution in [-0.4, -0.2) is 32.5 Å². The van der Waals surface area contributed by atoms with E-state index in [9.17, 15) is 9.59 Å². The maximum atomic E-state index is 13.2. The van der Waals surface area contributed by atoms with Crippen LogP contribution in [0, 0.1) is 0 Å². The molecule has 8 nitrogen and oxygen atoms in total. The first-order chi connectivity index (χ1) is 17.4. The number of aromatic nitrogens is 3. The Hall–Kier alpha value is -3.88. The number of carbonyl (C=O) groups is 1. The minimum atomic E-state index is -0.648. The topological polar surface area (TPSA) is 98.5 Å². The molecule has 182 valence electrons. The number of anilines is 1. The molecule has 0 radical (unpaired) electrons. The molecule has 1 aromatic heterocycles. The summed E-state index contributed by atoms with van der Waals surface area (Å²) in [4.78, 5) is 25.1. The molecule has 36 heavy (non-hydrogen) atoms. The van der Waals surface area contributed by atoms with E-state index in [0.717, 1.165) is 22.4 Å². The molecule has 0 bridgehead atoms. The van der Waals surface area contributed by atoms with Crippen LogP contribution in [0.3, 0.4) is 0 Å². The van der Waals surface area contributed by atoms with Gasteiger partial charge >= 0.3 is 5.69 Å². The highest BCUT2D eigenvalue weighted by Crippen LogP contribution is 2.31. The number of nitrogens with zero attached hydrogens (tertiary/aromatic N) is 5. The van der Waals surface area contributed by atoms with Crippen LogP contribution in [-0.2, 0) is 17.9 Å². The molecule has 1 aliphatic rings. The van der Waals surface area contributed by atoms with E-state index < -0.39 is 11.6 Å². The summed E-state index contributed by atoms with van der Waals surface area (Å²) in [5.74, 6) is -0.492. The van der Waals surface area contributed by atoms with E-state index in [0.29, 0.717) is 16.6 Å². The zero-order valence-electron chi connectivity index (χ0n) is 19.1. The lowest BCUT2D eigenvalue weighted by molar-refractivity contribution is -0.118. The molecule has 4 aromatic rings. The first kappa shape index (κ1) is 23.8. The molecular formula is C26H22Cl2N6O2. The normalized spacial score (nSPS) is 15.2. The van der Waals surface area contributed by atoms with Gasteiger partial charge in [-0.15, -0.1) is 5.10 Å². The Bertz CT molecular complexity index is 1480. The lowest BCUT2D eigenvalue weighted by Crippen LogP contribution is -2.32. The summed E-state index contributed by atoms with van der Waals surface area (Å²) in [5.41, 5.74) is 8.64. The van der Waals surface area contributed by atoms with Gasteiger partial charge in [0.15, 0.2) is 0 Å². The zero-order valence-corrected chi connectivity index (χ0v) is 20.6. The summed E-state index contributed by atoms with van der Waals surface area (Å²) in [7, 11) is 0. The Morgan fingerprint density at radius 3 is 2.22 bits per heavy atom. The van der Waals surface area contributed by atoms with Gasteiger partial charge < -0.3 is 5.73 Å². The number of halogens is 2. The summed E-state index contributed by atoms with van der Waals surface area (Å²) in [6.07, 6.45) is 0. The average molecular weight is 521 g/mol. The number of rotatable bonds is 7. The Labute approximate surface area is 217 Å². The number of hydrazone groups is 1. The third-order valence-corrected chi connectivity index (χ3v) is 6.45. The lowest BCUT2D eigenvalue weighted by Gasteiger charge is -2.16. The number of carbonyl (C=O) groups excluding carboxylic acids is 1. The molecule has 10 heteroatoms. The van der Waals surface area contributed by atoms with E-state index in [-0.39, 0.29) is 25.0 Å². The van der Waals surface area contributed by atoms with Gasteiger partial charge in [0.2, 0.25) is 11.9 Å². The Kier molecular flexibility index (Phi) is 6.63. The van der Waals surface area contributed by atoms with E-state index in [1.54, 1.807) is 17.1 Å². The van der Waals surface area contributed by atoms with Gasteiger partial charge in [0.1, 0.15) is 6.54 Å². The predicted octanol–water partition coefficient (Wildman–Crippen LogP) is 3.89. The second-order valence-corrected chi connectivity index (χ2v) is 9.33. The van der Waals surface area contributed by atoms with Crippen LogP contribution >= 0.6 is 23.2 Å². The van der Waals surface area contributed by atoms with Gasteiger partial charge in [-0.1, -0.05) is 77.8 Å². The van der Waals surface area contributed by atoms with Crippen molar-refractivity contribution in [3.05, 3.63) is 116 Å². The molecule has 0 fully saturated rings. The second-order valence-electron chi connectivity index (χ2n) is 8.46. The van der Waals surface area contributed by atoms with E-state index >= 15 is 0 Å².